The van der Waals surface area contributed by atoms with E-state index in [4.69, 9.17) is 4.42 Å². The number of nitrogens with one attached hydrogen (secondary N) is 2. The topological polar surface area (TPSA) is 71.3 Å². The van der Waals surface area contributed by atoms with Crippen LogP contribution < -0.4 is 16.5 Å². The smallest absolute Gasteiger partial charge is 0.361 e. The summed E-state index contributed by atoms with van der Waals surface area (Å²) in [5.41, 5.74) is 4.79. The number of para-hydroxylation sites is 1. The first-order valence-corrected chi connectivity index (χ1v) is 4.29. The summed E-state index contributed by atoms with van der Waals surface area (Å²) in [5, 5.41) is 0.785. The standard InChI is InChI=1S/C10H8N2O3/c13-6-11-12-8-5-7-3-1-2-4-9(7)15-10(8)14/h1-6,12H,(H,11,13). The van der Waals surface area contributed by atoms with Gasteiger partial charge in [-0.3, -0.25) is 15.6 Å². The van der Waals surface area contributed by atoms with Crippen molar-refractivity contribution < 1.29 is 9.21 Å². The third kappa shape index (κ3) is 1.80. The summed E-state index contributed by atoms with van der Waals surface area (Å²) in [6, 6.07) is 8.73. The Morgan fingerprint density at radius 1 is 1.27 bits per heavy atom. The minimum Gasteiger partial charge on any atom is -0.421 e. The van der Waals surface area contributed by atoms with Gasteiger partial charge in [0.25, 0.3) is 0 Å². The van der Waals surface area contributed by atoms with Gasteiger partial charge in [-0.15, -0.1) is 0 Å². The Morgan fingerprint density at radius 2 is 2.07 bits per heavy atom. The van der Waals surface area contributed by atoms with Crippen molar-refractivity contribution in [1.82, 2.24) is 5.43 Å². The molecule has 0 unspecified atom stereocenters. The second kappa shape index (κ2) is 3.83. The van der Waals surface area contributed by atoms with Crippen molar-refractivity contribution in [2.45, 2.75) is 0 Å². The fourth-order valence-electron chi connectivity index (χ4n) is 1.26. The first-order valence-electron chi connectivity index (χ1n) is 4.29. The van der Waals surface area contributed by atoms with Crippen molar-refractivity contribution in [3.63, 3.8) is 0 Å². The average Bonchev–Trinajstić information content (AvgIpc) is 2.26. The number of anilines is 1. The van der Waals surface area contributed by atoms with Crippen molar-refractivity contribution in [3.05, 3.63) is 40.8 Å². The van der Waals surface area contributed by atoms with Crippen LogP contribution in [0.2, 0.25) is 0 Å². The van der Waals surface area contributed by atoms with Gasteiger partial charge in [-0.1, -0.05) is 18.2 Å². The number of rotatable bonds is 3. The lowest BCUT2D eigenvalue weighted by molar-refractivity contribution is -0.109. The van der Waals surface area contributed by atoms with Crippen LogP contribution in [-0.2, 0) is 4.79 Å². The van der Waals surface area contributed by atoms with Gasteiger partial charge in [-0.25, -0.2) is 4.79 Å². The van der Waals surface area contributed by atoms with Crippen molar-refractivity contribution in [3.8, 4) is 0 Å². The highest BCUT2D eigenvalue weighted by Gasteiger charge is 2.02. The quantitative estimate of drug-likeness (QED) is 0.442. The molecule has 2 aromatic rings. The molecule has 5 nitrogen and oxygen atoms in total. The molecule has 0 radical (unpaired) electrons. The van der Waals surface area contributed by atoms with Gasteiger partial charge in [0.15, 0.2) is 0 Å². The summed E-state index contributed by atoms with van der Waals surface area (Å²) in [4.78, 5) is 21.4. The largest absolute Gasteiger partial charge is 0.421 e. The van der Waals surface area contributed by atoms with E-state index in [-0.39, 0.29) is 5.69 Å². The van der Waals surface area contributed by atoms with Crippen molar-refractivity contribution in [2.75, 3.05) is 5.43 Å². The molecule has 0 aliphatic rings. The maximum absolute atomic E-state index is 11.4. The third-order valence-electron chi connectivity index (χ3n) is 1.91. The summed E-state index contributed by atoms with van der Waals surface area (Å²) in [7, 11) is 0. The van der Waals surface area contributed by atoms with Crippen molar-refractivity contribution in [2.24, 2.45) is 0 Å². The molecule has 1 amide bonds. The summed E-state index contributed by atoms with van der Waals surface area (Å²) in [5.74, 6) is 0. The van der Waals surface area contributed by atoms with E-state index in [1.165, 1.54) is 0 Å². The van der Waals surface area contributed by atoms with Gasteiger partial charge in [0.2, 0.25) is 6.41 Å². The lowest BCUT2D eigenvalue weighted by Crippen LogP contribution is -2.23. The SMILES string of the molecule is O=CNNc1cc2ccccc2oc1=O. The normalized spacial score (nSPS) is 9.87. The van der Waals surface area contributed by atoms with Crippen LogP contribution in [0.3, 0.4) is 0 Å². The molecule has 1 aromatic heterocycles. The van der Waals surface area contributed by atoms with Crippen molar-refractivity contribution in [1.29, 1.82) is 0 Å². The first-order chi connectivity index (χ1) is 7.31. The summed E-state index contributed by atoms with van der Waals surface area (Å²) in [6.07, 6.45) is 0.439. The Hall–Kier alpha value is -2.30. The van der Waals surface area contributed by atoms with Gasteiger partial charge in [0.1, 0.15) is 11.3 Å². The van der Waals surface area contributed by atoms with Gasteiger partial charge in [-0.05, 0) is 12.1 Å². The molecule has 1 aromatic carbocycles. The molecule has 0 saturated carbocycles. The number of carbonyl (C=O) groups excluding carboxylic acids is 1. The zero-order valence-corrected chi connectivity index (χ0v) is 7.69. The Morgan fingerprint density at radius 3 is 2.87 bits per heavy atom. The lowest BCUT2D eigenvalue weighted by Gasteiger charge is -2.02. The van der Waals surface area contributed by atoms with Gasteiger partial charge in [0.05, 0.1) is 0 Å². The minimum atomic E-state index is -0.525. The van der Waals surface area contributed by atoms with E-state index >= 15 is 0 Å². The number of amides is 1. The molecular formula is C10H8N2O3. The average molecular weight is 204 g/mol. The Balaban J connectivity index is 2.52. The van der Waals surface area contributed by atoms with E-state index in [0.29, 0.717) is 12.0 Å². The molecule has 0 aliphatic carbocycles. The second-order valence-electron chi connectivity index (χ2n) is 2.87. The van der Waals surface area contributed by atoms with Crippen LogP contribution in [0.15, 0.2) is 39.5 Å². The highest BCUT2D eigenvalue weighted by molar-refractivity contribution is 5.79. The number of hydrogen-bond donors (Lipinski definition) is 2. The predicted octanol–water partition coefficient (Wildman–Crippen LogP) is 0.866. The molecular weight excluding hydrogens is 196 g/mol. The number of fused-ring (bicyclic) bond motifs is 1. The molecule has 0 spiro atoms. The highest BCUT2D eigenvalue weighted by atomic mass is 16.4. The lowest BCUT2D eigenvalue weighted by atomic mass is 10.2. The highest BCUT2D eigenvalue weighted by Crippen LogP contribution is 2.14. The predicted molar refractivity (Wildman–Crippen MR) is 55.3 cm³/mol. The summed E-state index contributed by atoms with van der Waals surface area (Å²) >= 11 is 0. The molecule has 76 valence electrons. The van der Waals surface area contributed by atoms with E-state index in [1.807, 2.05) is 12.1 Å². The zero-order valence-electron chi connectivity index (χ0n) is 7.69. The van der Waals surface area contributed by atoms with Gasteiger partial charge < -0.3 is 4.42 Å². The summed E-state index contributed by atoms with van der Waals surface area (Å²) in [6.45, 7) is 0. The molecule has 0 atom stereocenters. The molecule has 2 N–H and O–H groups in total. The summed E-state index contributed by atoms with van der Waals surface area (Å²) < 4.78 is 5.02. The van der Waals surface area contributed by atoms with Crippen LogP contribution in [-0.4, -0.2) is 6.41 Å². The number of hydrazine groups is 1. The molecule has 0 aliphatic heterocycles. The fraction of sp³-hybridized carbons (Fsp3) is 0. The van der Waals surface area contributed by atoms with E-state index < -0.39 is 5.63 Å². The molecule has 0 saturated heterocycles. The van der Waals surface area contributed by atoms with Crippen LogP contribution in [0.5, 0.6) is 0 Å². The van der Waals surface area contributed by atoms with Crippen LogP contribution in [0.4, 0.5) is 5.69 Å². The molecule has 15 heavy (non-hydrogen) atoms. The van der Waals surface area contributed by atoms with Crippen molar-refractivity contribution >= 4 is 23.1 Å². The molecule has 5 heteroatoms. The second-order valence-corrected chi connectivity index (χ2v) is 2.87. The zero-order chi connectivity index (χ0) is 10.7. The van der Waals surface area contributed by atoms with E-state index in [1.54, 1.807) is 18.2 Å². The Kier molecular flexibility index (Phi) is 2.37. The first kappa shape index (κ1) is 9.26. The Bertz CT molecular complexity index is 548. The van der Waals surface area contributed by atoms with Gasteiger partial charge in [0, 0.05) is 5.39 Å². The monoisotopic (exact) mass is 204 g/mol. The minimum absolute atomic E-state index is 0.195. The molecule has 1 heterocycles. The fourth-order valence-corrected chi connectivity index (χ4v) is 1.26. The van der Waals surface area contributed by atoms with Crippen LogP contribution in [0.25, 0.3) is 11.0 Å². The molecule has 0 bridgehead atoms. The van der Waals surface area contributed by atoms with Gasteiger partial charge in [-0.2, -0.15) is 0 Å². The number of hydrogen-bond acceptors (Lipinski definition) is 4. The Labute approximate surface area is 84.7 Å². The van der Waals surface area contributed by atoms with Crippen LogP contribution >= 0.6 is 0 Å². The van der Waals surface area contributed by atoms with Crippen LogP contribution in [0.1, 0.15) is 0 Å². The maximum atomic E-state index is 11.4. The van der Waals surface area contributed by atoms with Gasteiger partial charge >= 0.3 is 5.63 Å². The van der Waals surface area contributed by atoms with E-state index in [0.717, 1.165) is 5.39 Å². The number of benzene rings is 1. The molecule has 2 rings (SSSR count). The maximum Gasteiger partial charge on any atom is 0.361 e. The molecule has 0 fully saturated rings. The number of carbonyl (C=O) groups is 1. The van der Waals surface area contributed by atoms with E-state index in [2.05, 4.69) is 10.9 Å². The van der Waals surface area contributed by atoms with E-state index in [9.17, 15) is 9.59 Å². The third-order valence-corrected chi connectivity index (χ3v) is 1.91. The van der Waals surface area contributed by atoms with Crippen LogP contribution in [0, 0.1) is 0 Å².